The molecule has 142 valence electrons. The van der Waals surface area contributed by atoms with E-state index in [-0.39, 0.29) is 24.0 Å². The lowest BCUT2D eigenvalue weighted by molar-refractivity contribution is 0.132. The Morgan fingerprint density at radius 3 is 2.24 bits per heavy atom. The first-order chi connectivity index (χ1) is 11.7. The van der Waals surface area contributed by atoms with Crippen LogP contribution in [0.15, 0.2) is 29.3 Å². The van der Waals surface area contributed by atoms with E-state index in [2.05, 4.69) is 58.2 Å². The second-order valence-electron chi connectivity index (χ2n) is 6.51. The van der Waals surface area contributed by atoms with E-state index >= 15 is 0 Å². The van der Waals surface area contributed by atoms with Crippen LogP contribution in [-0.4, -0.2) is 55.0 Å². The van der Waals surface area contributed by atoms with Gasteiger partial charge >= 0.3 is 0 Å². The smallest absolute Gasteiger partial charge is 0.188 e. The second kappa shape index (κ2) is 12.5. The lowest BCUT2D eigenvalue weighted by Crippen LogP contribution is -2.45. The van der Waals surface area contributed by atoms with E-state index in [9.17, 15) is 0 Å². The monoisotopic (exact) mass is 459 g/mol. The number of nitrogens with one attached hydrogen (secondary N) is 1. The summed E-state index contributed by atoms with van der Waals surface area (Å²) >= 11 is 0. The molecule has 1 aromatic carbocycles. The summed E-state index contributed by atoms with van der Waals surface area (Å²) in [6.45, 7) is 12.9. The van der Waals surface area contributed by atoms with Gasteiger partial charge in [0.2, 0.25) is 0 Å². The highest BCUT2D eigenvalue weighted by molar-refractivity contribution is 14.0. The molecule has 0 atom stereocenters. The Balaban J connectivity index is 0.00000312. The van der Waals surface area contributed by atoms with Crippen LogP contribution in [0.3, 0.4) is 0 Å². The Morgan fingerprint density at radius 2 is 1.64 bits per heavy atom. The first-order valence-electron chi connectivity index (χ1n) is 9.27. The molecule has 1 aliphatic heterocycles. The Kier molecular flexibility index (Phi) is 11.1. The van der Waals surface area contributed by atoms with Gasteiger partial charge in [0.05, 0.1) is 6.54 Å². The molecule has 0 aromatic heterocycles. The number of nitrogens with zero attached hydrogens (tertiary/aromatic N) is 3. The summed E-state index contributed by atoms with van der Waals surface area (Å²) in [5.74, 6) is 0.543. The van der Waals surface area contributed by atoms with Crippen molar-refractivity contribution in [2.24, 2.45) is 10.7 Å². The quantitative estimate of drug-likeness (QED) is 0.272. The van der Waals surface area contributed by atoms with Gasteiger partial charge in [0.15, 0.2) is 5.96 Å². The Hall–Kier alpha value is -0.860. The normalized spacial score (nSPS) is 16.5. The average molecular weight is 459 g/mol. The van der Waals surface area contributed by atoms with Crippen LogP contribution in [0.4, 0.5) is 0 Å². The number of likely N-dealkylation sites (N-methyl/N-ethyl adjacent to an activating group) is 1. The highest BCUT2D eigenvalue weighted by Gasteiger charge is 2.15. The summed E-state index contributed by atoms with van der Waals surface area (Å²) in [6, 6.07) is 8.77. The number of halogens is 1. The zero-order valence-corrected chi connectivity index (χ0v) is 18.0. The van der Waals surface area contributed by atoms with Crippen LogP contribution in [0, 0.1) is 0 Å². The van der Waals surface area contributed by atoms with Gasteiger partial charge in [-0.3, -0.25) is 4.90 Å². The van der Waals surface area contributed by atoms with Crippen LogP contribution >= 0.6 is 24.0 Å². The second-order valence-corrected chi connectivity index (χ2v) is 6.51. The molecule has 5 nitrogen and oxygen atoms in total. The number of benzene rings is 1. The van der Waals surface area contributed by atoms with Gasteiger partial charge in [0.1, 0.15) is 0 Å². The maximum atomic E-state index is 5.87. The van der Waals surface area contributed by atoms with E-state index < -0.39 is 0 Å². The van der Waals surface area contributed by atoms with Crippen LogP contribution in [0.1, 0.15) is 37.8 Å². The molecular weight excluding hydrogens is 425 g/mol. The highest BCUT2D eigenvalue weighted by atomic mass is 127. The van der Waals surface area contributed by atoms with Crippen LogP contribution in [0.5, 0.6) is 0 Å². The van der Waals surface area contributed by atoms with Crippen molar-refractivity contribution in [2.75, 3.05) is 39.3 Å². The maximum absolute atomic E-state index is 5.87. The summed E-state index contributed by atoms with van der Waals surface area (Å²) in [6.07, 6.45) is 2.28. The van der Waals surface area contributed by atoms with Gasteiger partial charge < -0.3 is 16.0 Å². The molecule has 1 aliphatic rings. The van der Waals surface area contributed by atoms with E-state index in [1.54, 1.807) is 0 Å². The van der Waals surface area contributed by atoms with Gasteiger partial charge in [0.25, 0.3) is 0 Å². The van der Waals surface area contributed by atoms with E-state index in [0.717, 1.165) is 25.9 Å². The summed E-state index contributed by atoms with van der Waals surface area (Å²) in [7, 11) is 0. The van der Waals surface area contributed by atoms with Gasteiger partial charge in [-0.15, -0.1) is 24.0 Å². The van der Waals surface area contributed by atoms with Gasteiger partial charge in [-0.05, 0) is 24.1 Å². The predicted molar refractivity (Wildman–Crippen MR) is 117 cm³/mol. The van der Waals surface area contributed by atoms with E-state index in [1.165, 1.54) is 43.9 Å². The Bertz CT molecular complexity index is 495. The van der Waals surface area contributed by atoms with Crippen LogP contribution in [0.25, 0.3) is 0 Å². The maximum Gasteiger partial charge on any atom is 0.188 e. The van der Waals surface area contributed by atoms with Gasteiger partial charge in [-0.25, -0.2) is 4.99 Å². The first-order valence-corrected chi connectivity index (χ1v) is 9.27. The average Bonchev–Trinajstić information content (AvgIpc) is 2.62. The van der Waals surface area contributed by atoms with Gasteiger partial charge in [-0.2, -0.15) is 0 Å². The summed E-state index contributed by atoms with van der Waals surface area (Å²) in [4.78, 5) is 9.44. The first kappa shape index (κ1) is 22.2. The third kappa shape index (κ3) is 8.37. The van der Waals surface area contributed by atoms with E-state index in [0.29, 0.717) is 12.5 Å². The molecule has 2 rings (SSSR count). The lowest BCUT2D eigenvalue weighted by Gasteiger charge is -2.34. The molecule has 0 spiro atoms. The fraction of sp³-hybridized carbons (Fsp3) is 0.632. The summed E-state index contributed by atoms with van der Waals surface area (Å²) < 4.78 is 0. The molecule has 0 aliphatic carbocycles. The van der Waals surface area contributed by atoms with Crippen molar-refractivity contribution in [3.05, 3.63) is 35.4 Å². The molecule has 3 N–H and O–H groups in total. The minimum atomic E-state index is 0. The fourth-order valence-corrected chi connectivity index (χ4v) is 2.90. The number of piperazine rings is 1. The number of aliphatic imine (C=N–C) groups is 1. The van der Waals surface area contributed by atoms with Gasteiger partial charge in [0, 0.05) is 39.3 Å². The Morgan fingerprint density at radius 1 is 1.04 bits per heavy atom. The van der Waals surface area contributed by atoms with Crippen molar-refractivity contribution in [1.82, 2.24) is 15.1 Å². The van der Waals surface area contributed by atoms with Crippen molar-refractivity contribution in [1.29, 1.82) is 0 Å². The fourth-order valence-electron chi connectivity index (χ4n) is 2.90. The molecule has 0 radical (unpaired) electrons. The minimum absolute atomic E-state index is 0. The van der Waals surface area contributed by atoms with Gasteiger partial charge in [-0.1, -0.05) is 44.5 Å². The zero-order valence-electron chi connectivity index (χ0n) is 15.7. The van der Waals surface area contributed by atoms with Crippen molar-refractivity contribution in [2.45, 2.75) is 39.8 Å². The number of guanidine groups is 1. The zero-order chi connectivity index (χ0) is 17.2. The molecule has 0 saturated carbocycles. The molecule has 1 saturated heterocycles. The predicted octanol–water partition coefficient (Wildman–Crippen LogP) is 2.65. The molecular formula is C19H34IN5. The van der Waals surface area contributed by atoms with Crippen molar-refractivity contribution in [3.63, 3.8) is 0 Å². The number of unbranched alkanes of at least 4 members (excludes halogenated alkanes) is 1. The SMILES string of the molecule is CCCCNC(N)=NCc1ccc(CN2CCN(CC)CC2)cc1.I. The molecule has 0 bridgehead atoms. The molecule has 1 fully saturated rings. The molecule has 0 amide bonds. The Labute approximate surface area is 170 Å². The minimum Gasteiger partial charge on any atom is -0.370 e. The number of rotatable bonds is 8. The van der Waals surface area contributed by atoms with Crippen molar-refractivity contribution in [3.8, 4) is 0 Å². The number of hydrogen-bond acceptors (Lipinski definition) is 3. The summed E-state index contributed by atoms with van der Waals surface area (Å²) in [5, 5.41) is 3.14. The third-order valence-corrected chi connectivity index (χ3v) is 4.61. The highest BCUT2D eigenvalue weighted by Crippen LogP contribution is 2.10. The standard InChI is InChI=1S/C19H33N5.HI/c1-3-5-10-21-19(20)22-15-17-6-8-18(9-7-17)16-24-13-11-23(4-2)12-14-24;/h6-9H,3-5,10-16H2,1-2H3,(H3,20,21,22);1H. The third-order valence-electron chi connectivity index (χ3n) is 4.61. The molecule has 1 aromatic rings. The molecule has 6 heteroatoms. The lowest BCUT2D eigenvalue weighted by atomic mass is 10.1. The van der Waals surface area contributed by atoms with E-state index in [4.69, 9.17) is 5.73 Å². The topological polar surface area (TPSA) is 56.9 Å². The van der Waals surface area contributed by atoms with Crippen LogP contribution in [-0.2, 0) is 13.1 Å². The van der Waals surface area contributed by atoms with Crippen molar-refractivity contribution < 1.29 is 0 Å². The largest absolute Gasteiger partial charge is 0.370 e. The number of nitrogens with two attached hydrogens (primary N) is 1. The number of hydrogen-bond donors (Lipinski definition) is 2. The van der Waals surface area contributed by atoms with Crippen molar-refractivity contribution >= 4 is 29.9 Å². The van der Waals surface area contributed by atoms with Crippen LogP contribution < -0.4 is 11.1 Å². The van der Waals surface area contributed by atoms with E-state index in [1.807, 2.05) is 0 Å². The van der Waals surface area contributed by atoms with Crippen LogP contribution in [0.2, 0.25) is 0 Å². The molecule has 0 unspecified atom stereocenters. The molecule has 1 heterocycles. The molecule has 25 heavy (non-hydrogen) atoms. The summed E-state index contributed by atoms with van der Waals surface area (Å²) in [5.41, 5.74) is 8.45.